The van der Waals surface area contributed by atoms with E-state index in [4.69, 9.17) is 4.74 Å². The van der Waals surface area contributed by atoms with E-state index in [9.17, 15) is 9.18 Å². The number of likely N-dealkylation sites (tertiary alicyclic amines) is 1. The molecule has 0 aromatic heterocycles. The molecule has 0 spiro atoms. The van der Waals surface area contributed by atoms with Gasteiger partial charge in [0.15, 0.2) is 0 Å². The Morgan fingerprint density at radius 2 is 1.86 bits per heavy atom. The number of amides is 1. The first-order valence-electron chi connectivity index (χ1n) is 10.4. The fraction of sp³-hybridized carbons (Fsp3) is 0.682. The second-order valence-electron chi connectivity index (χ2n) is 8.95. The lowest BCUT2D eigenvalue weighted by Crippen LogP contribution is -2.55. The van der Waals surface area contributed by atoms with Crippen molar-refractivity contribution in [2.75, 3.05) is 39.3 Å². The second kappa shape index (κ2) is 9.23. The van der Waals surface area contributed by atoms with Gasteiger partial charge >= 0.3 is 6.09 Å². The van der Waals surface area contributed by atoms with E-state index < -0.39 is 17.9 Å². The molecule has 1 aromatic rings. The average Bonchev–Trinajstić information content (AvgIpc) is 2.86. The highest BCUT2D eigenvalue weighted by atomic mass is 19.1. The lowest BCUT2D eigenvalue weighted by molar-refractivity contribution is -0.00478. The third-order valence-corrected chi connectivity index (χ3v) is 5.50. The van der Waals surface area contributed by atoms with Crippen LogP contribution in [0.5, 0.6) is 0 Å². The Kier molecular flexibility index (Phi) is 6.94. The lowest BCUT2D eigenvalue weighted by atomic mass is 10.0. The summed E-state index contributed by atoms with van der Waals surface area (Å²) >= 11 is 0. The zero-order valence-electron chi connectivity index (χ0n) is 17.4. The first kappa shape index (κ1) is 21.1. The zero-order valence-corrected chi connectivity index (χ0v) is 17.4. The first-order valence-corrected chi connectivity index (χ1v) is 10.4. The number of piperidine rings is 1. The summed E-state index contributed by atoms with van der Waals surface area (Å²) in [6.07, 6.45) is 0.283. The number of hydrogen-bond acceptors (Lipinski definition) is 4. The van der Waals surface area contributed by atoms with Crippen LogP contribution in [0.4, 0.5) is 9.18 Å². The highest BCUT2D eigenvalue weighted by Gasteiger charge is 2.37. The van der Waals surface area contributed by atoms with Gasteiger partial charge in [-0.25, -0.2) is 9.18 Å². The molecule has 1 amide bonds. The Morgan fingerprint density at radius 3 is 2.54 bits per heavy atom. The number of carbonyl (C=O) groups is 1. The molecule has 2 atom stereocenters. The SMILES string of the molecule is CC(C)(C)OC(=O)N1CCC(N2CCCN(Cc3ccccc3)CC2)C(F)C1. The Hall–Kier alpha value is -1.66. The molecule has 6 heteroatoms. The van der Waals surface area contributed by atoms with Crippen LogP contribution in [0.2, 0.25) is 0 Å². The predicted octanol–water partition coefficient (Wildman–Crippen LogP) is 3.54. The lowest BCUT2D eigenvalue weighted by Gasteiger charge is -2.40. The van der Waals surface area contributed by atoms with Gasteiger partial charge < -0.3 is 9.64 Å². The molecule has 28 heavy (non-hydrogen) atoms. The Labute approximate surface area is 168 Å². The number of carbonyl (C=O) groups excluding carboxylic acids is 1. The minimum atomic E-state index is -1.03. The van der Waals surface area contributed by atoms with Crippen LogP contribution >= 0.6 is 0 Å². The molecule has 0 saturated carbocycles. The summed E-state index contributed by atoms with van der Waals surface area (Å²) in [6.45, 7) is 10.9. The van der Waals surface area contributed by atoms with Gasteiger partial charge in [0, 0.05) is 32.2 Å². The first-order chi connectivity index (χ1) is 13.3. The minimum Gasteiger partial charge on any atom is -0.444 e. The van der Waals surface area contributed by atoms with E-state index in [-0.39, 0.29) is 12.6 Å². The molecule has 2 unspecified atom stereocenters. The van der Waals surface area contributed by atoms with E-state index >= 15 is 0 Å². The summed E-state index contributed by atoms with van der Waals surface area (Å²) < 4.78 is 20.3. The number of halogens is 1. The molecule has 3 rings (SSSR count). The fourth-order valence-corrected chi connectivity index (χ4v) is 4.12. The van der Waals surface area contributed by atoms with Crippen molar-refractivity contribution in [2.24, 2.45) is 0 Å². The van der Waals surface area contributed by atoms with Crippen molar-refractivity contribution in [2.45, 2.75) is 58.0 Å². The molecule has 5 nitrogen and oxygen atoms in total. The third-order valence-electron chi connectivity index (χ3n) is 5.50. The molecular formula is C22H34FN3O2. The van der Waals surface area contributed by atoms with Crippen molar-refractivity contribution in [3.8, 4) is 0 Å². The molecule has 0 radical (unpaired) electrons. The van der Waals surface area contributed by atoms with Crippen molar-refractivity contribution in [1.29, 1.82) is 0 Å². The number of ether oxygens (including phenoxy) is 1. The Balaban J connectivity index is 1.50. The van der Waals surface area contributed by atoms with E-state index in [2.05, 4.69) is 34.1 Å². The van der Waals surface area contributed by atoms with E-state index in [0.717, 1.165) is 39.1 Å². The molecule has 2 aliphatic rings. The van der Waals surface area contributed by atoms with Crippen LogP contribution in [0.15, 0.2) is 30.3 Å². The normalized spacial score (nSPS) is 25.4. The van der Waals surface area contributed by atoms with Gasteiger partial charge in [-0.05, 0) is 52.3 Å². The number of benzene rings is 1. The monoisotopic (exact) mass is 391 g/mol. The van der Waals surface area contributed by atoms with Crippen LogP contribution in [-0.2, 0) is 11.3 Å². The van der Waals surface area contributed by atoms with Crippen LogP contribution in [0.3, 0.4) is 0 Å². The second-order valence-corrected chi connectivity index (χ2v) is 8.95. The summed E-state index contributed by atoms with van der Waals surface area (Å²) in [5, 5.41) is 0. The minimum absolute atomic E-state index is 0.102. The molecule has 156 valence electrons. The summed E-state index contributed by atoms with van der Waals surface area (Å²) in [6, 6.07) is 10.4. The van der Waals surface area contributed by atoms with Gasteiger partial charge in [0.2, 0.25) is 0 Å². The molecule has 0 aliphatic carbocycles. The van der Waals surface area contributed by atoms with Gasteiger partial charge in [0.05, 0.1) is 6.54 Å². The highest BCUT2D eigenvalue weighted by Crippen LogP contribution is 2.23. The van der Waals surface area contributed by atoms with E-state index in [1.807, 2.05) is 26.8 Å². The summed E-state index contributed by atoms with van der Waals surface area (Å²) in [7, 11) is 0. The van der Waals surface area contributed by atoms with E-state index in [1.54, 1.807) is 0 Å². The third kappa shape index (κ3) is 5.92. The average molecular weight is 392 g/mol. The van der Waals surface area contributed by atoms with Gasteiger partial charge in [-0.2, -0.15) is 0 Å². The molecule has 0 bridgehead atoms. The van der Waals surface area contributed by atoms with Crippen LogP contribution in [0.1, 0.15) is 39.2 Å². The number of rotatable bonds is 3. The molecule has 2 fully saturated rings. The topological polar surface area (TPSA) is 36.0 Å². The maximum atomic E-state index is 14.9. The maximum absolute atomic E-state index is 14.9. The molecule has 2 aliphatic heterocycles. The Morgan fingerprint density at radius 1 is 1.11 bits per heavy atom. The van der Waals surface area contributed by atoms with Gasteiger partial charge in [0.1, 0.15) is 11.8 Å². The largest absolute Gasteiger partial charge is 0.444 e. The van der Waals surface area contributed by atoms with Crippen LogP contribution < -0.4 is 0 Å². The van der Waals surface area contributed by atoms with Crippen LogP contribution in [0.25, 0.3) is 0 Å². The number of nitrogens with zero attached hydrogens (tertiary/aromatic N) is 3. The van der Waals surface area contributed by atoms with Gasteiger partial charge in [-0.15, -0.1) is 0 Å². The van der Waals surface area contributed by atoms with Crippen molar-refractivity contribution < 1.29 is 13.9 Å². The summed E-state index contributed by atoms with van der Waals surface area (Å²) in [5.74, 6) is 0. The van der Waals surface area contributed by atoms with Gasteiger partial charge in [0.25, 0.3) is 0 Å². The van der Waals surface area contributed by atoms with E-state index in [0.29, 0.717) is 13.0 Å². The van der Waals surface area contributed by atoms with Crippen molar-refractivity contribution >= 4 is 6.09 Å². The zero-order chi connectivity index (χ0) is 20.1. The predicted molar refractivity (Wildman–Crippen MR) is 109 cm³/mol. The summed E-state index contributed by atoms with van der Waals surface area (Å²) in [4.78, 5) is 18.5. The summed E-state index contributed by atoms with van der Waals surface area (Å²) in [5.41, 5.74) is 0.775. The fourth-order valence-electron chi connectivity index (χ4n) is 4.12. The smallest absolute Gasteiger partial charge is 0.410 e. The Bertz CT molecular complexity index is 634. The molecular weight excluding hydrogens is 357 g/mol. The standard InChI is InChI=1S/C22H34FN3O2/c1-22(2,3)28-21(27)26-13-10-20(19(23)17-26)25-12-7-11-24(14-15-25)16-18-8-5-4-6-9-18/h4-6,8-9,19-20H,7,10-17H2,1-3H3. The van der Waals surface area contributed by atoms with E-state index in [1.165, 1.54) is 10.5 Å². The molecule has 1 aromatic carbocycles. The molecule has 2 saturated heterocycles. The van der Waals surface area contributed by atoms with Crippen molar-refractivity contribution in [3.05, 3.63) is 35.9 Å². The van der Waals surface area contributed by atoms with Gasteiger partial charge in [-0.1, -0.05) is 30.3 Å². The quantitative estimate of drug-likeness (QED) is 0.790. The molecule has 0 N–H and O–H groups in total. The van der Waals surface area contributed by atoms with Crippen molar-refractivity contribution in [1.82, 2.24) is 14.7 Å². The number of alkyl halides is 1. The van der Waals surface area contributed by atoms with Crippen molar-refractivity contribution in [3.63, 3.8) is 0 Å². The number of hydrogen-bond donors (Lipinski definition) is 0. The van der Waals surface area contributed by atoms with Gasteiger partial charge in [-0.3, -0.25) is 9.80 Å². The molecule has 2 heterocycles. The highest BCUT2D eigenvalue weighted by molar-refractivity contribution is 5.68. The van der Waals surface area contributed by atoms with Crippen LogP contribution in [-0.4, -0.2) is 77.9 Å². The maximum Gasteiger partial charge on any atom is 0.410 e. The van der Waals surface area contributed by atoms with Crippen LogP contribution in [0, 0.1) is 0 Å².